The number of nitrogens with one attached hydrogen (secondary N) is 2. The van der Waals surface area contributed by atoms with Crippen molar-refractivity contribution in [2.24, 2.45) is 0 Å². The third-order valence-corrected chi connectivity index (χ3v) is 2.86. The summed E-state index contributed by atoms with van der Waals surface area (Å²) in [6.07, 6.45) is 4.56. The smallest absolute Gasteiger partial charge is 0.0794 e. The average molecular weight is 234 g/mol. The lowest BCUT2D eigenvalue weighted by molar-refractivity contribution is 0.975. The van der Waals surface area contributed by atoms with Crippen molar-refractivity contribution in [2.75, 3.05) is 24.2 Å². The molecule has 0 aromatic carbocycles. The predicted octanol–water partition coefficient (Wildman–Crippen LogP) is 2.23. The Hall–Kier alpha value is -1.62. The van der Waals surface area contributed by atoms with Crippen LogP contribution in [0.15, 0.2) is 29.4 Å². The van der Waals surface area contributed by atoms with E-state index in [0.717, 1.165) is 30.0 Å². The maximum atomic E-state index is 4.23. The highest BCUT2D eigenvalue weighted by atomic mass is 32.1. The molecule has 0 radical (unpaired) electrons. The normalized spacial score (nSPS) is 10.1. The first-order chi connectivity index (χ1) is 7.88. The zero-order valence-electron chi connectivity index (χ0n) is 9.10. The quantitative estimate of drug-likeness (QED) is 0.833. The van der Waals surface area contributed by atoms with Crippen LogP contribution in [0.3, 0.4) is 0 Å². The van der Waals surface area contributed by atoms with Gasteiger partial charge in [0.15, 0.2) is 0 Å². The predicted molar refractivity (Wildman–Crippen MR) is 68.1 cm³/mol. The van der Waals surface area contributed by atoms with Gasteiger partial charge in [-0.15, -0.1) is 11.3 Å². The maximum Gasteiger partial charge on any atom is 0.0794 e. The number of nitrogens with zero attached hydrogens (tertiary/aromatic N) is 2. The second kappa shape index (κ2) is 5.46. The van der Waals surface area contributed by atoms with E-state index in [9.17, 15) is 0 Å². The van der Waals surface area contributed by atoms with Crippen LogP contribution in [0.4, 0.5) is 11.4 Å². The Balaban J connectivity index is 1.85. The highest BCUT2D eigenvalue weighted by Gasteiger charge is 1.97. The molecule has 0 amide bonds. The Labute approximate surface area is 98.8 Å². The molecular formula is C11H14N4S. The number of pyridine rings is 1. The van der Waals surface area contributed by atoms with Crippen molar-refractivity contribution in [3.63, 3.8) is 0 Å². The molecule has 4 nitrogen and oxygen atoms in total. The first-order valence-corrected chi connectivity index (χ1v) is 6.06. The molecule has 0 unspecified atom stereocenters. The van der Waals surface area contributed by atoms with Gasteiger partial charge in [0.05, 0.1) is 35.0 Å². The monoisotopic (exact) mass is 234 g/mol. The standard InChI is InChI=1S/C11H14N4S/c1-12-10-4-11(6-13-5-10)14-3-2-9-7-16-8-15-9/h4-8,12,14H,2-3H2,1H3. The van der Waals surface area contributed by atoms with E-state index in [4.69, 9.17) is 0 Å². The summed E-state index contributed by atoms with van der Waals surface area (Å²) in [7, 11) is 1.88. The molecule has 5 heteroatoms. The Kier molecular flexibility index (Phi) is 3.71. The fraction of sp³-hybridized carbons (Fsp3) is 0.273. The highest BCUT2D eigenvalue weighted by molar-refractivity contribution is 7.07. The van der Waals surface area contributed by atoms with Gasteiger partial charge in [-0.2, -0.15) is 0 Å². The van der Waals surface area contributed by atoms with Gasteiger partial charge in [-0.05, 0) is 6.07 Å². The first-order valence-electron chi connectivity index (χ1n) is 5.12. The van der Waals surface area contributed by atoms with Crippen molar-refractivity contribution >= 4 is 22.7 Å². The van der Waals surface area contributed by atoms with Gasteiger partial charge in [-0.3, -0.25) is 4.98 Å². The van der Waals surface area contributed by atoms with Crippen LogP contribution in [0.25, 0.3) is 0 Å². The van der Waals surface area contributed by atoms with Crippen molar-refractivity contribution in [1.82, 2.24) is 9.97 Å². The number of hydrogen-bond donors (Lipinski definition) is 2. The molecule has 0 aliphatic heterocycles. The largest absolute Gasteiger partial charge is 0.387 e. The molecule has 0 atom stereocenters. The van der Waals surface area contributed by atoms with Crippen LogP contribution >= 0.6 is 11.3 Å². The van der Waals surface area contributed by atoms with Crippen molar-refractivity contribution in [3.8, 4) is 0 Å². The topological polar surface area (TPSA) is 49.8 Å². The summed E-state index contributed by atoms with van der Waals surface area (Å²) >= 11 is 1.63. The Morgan fingerprint density at radius 3 is 2.94 bits per heavy atom. The summed E-state index contributed by atoms with van der Waals surface area (Å²) < 4.78 is 0. The van der Waals surface area contributed by atoms with Gasteiger partial charge < -0.3 is 10.6 Å². The summed E-state index contributed by atoms with van der Waals surface area (Å²) in [6.45, 7) is 0.874. The van der Waals surface area contributed by atoms with E-state index in [1.165, 1.54) is 0 Å². The molecule has 2 aromatic rings. The molecular weight excluding hydrogens is 220 g/mol. The van der Waals surface area contributed by atoms with Crippen molar-refractivity contribution in [2.45, 2.75) is 6.42 Å². The number of thiazole rings is 1. The molecule has 0 aliphatic carbocycles. The van der Waals surface area contributed by atoms with Crippen LogP contribution in [0.5, 0.6) is 0 Å². The van der Waals surface area contributed by atoms with E-state index in [1.54, 1.807) is 17.5 Å². The molecule has 2 aromatic heterocycles. The van der Waals surface area contributed by atoms with Gasteiger partial charge in [0.2, 0.25) is 0 Å². The molecule has 16 heavy (non-hydrogen) atoms. The summed E-state index contributed by atoms with van der Waals surface area (Å²) in [5.74, 6) is 0. The number of hydrogen-bond acceptors (Lipinski definition) is 5. The van der Waals surface area contributed by atoms with Gasteiger partial charge >= 0.3 is 0 Å². The van der Waals surface area contributed by atoms with E-state index in [-0.39, 0.29) is 0 Å². The molecule has 2 rings (SSSR count). The minimum Gasteiger partial charge on any atom is -0.387 e. The molecule has 0 bridgehead atoms. The van der Waals surface area contributed by atoms with Crippen LogP contribution < -0.4 is 10.6 Å². The van der Waals surface area contributed by atoms with Crippen LogP contribution in [0.1, 0.15) is 5.69 Å². The van der Waals surface area contributed by atoms with E-state index in [0.29, 0.717) is 0 Å². The van der Waals surface area contributed by atoms with Crippen LogP contribution in [-0.4, -0.2) is 23.6 Å². The zero-order chi connectivity index (χ0) is 11.2. The van der Waals surface area contributed by atoms with Crippen molar-refractivity contribution < 1.29 is 0 Å². The Morgan fingerprint density at radius 1 is 1.31 bits per heavy atom. The molecule has 0 saturated carbocycles. The first kappa shape index (κ1) is 10.9. The van der Waals surface area contributed by atoms with Gasteiger partial charge in [-0.1, -0.05) is 0 Å². The van der Waals surface area contributed by atoms with Gasteiger partial charge in [0.1, 0.15) is 0 Å². The summed E-state index contributed by atoms with van der Waals surface area (Å²) in [4.78, 5) is 8.36. The van der Waals surface area contributed by atoms with E-state index in [2.05, 4.69) is 26.0 Å². The highest BCUT2D eigenvalue weighted by Crippen LogP contribution is 2.12. The molecule has 2 N–H and O–H groups in total. The third-order valence-electron chi connectivity index (χ3n) is 2.22. The summed E-state index contributed by atoms with van der Waals surface area (Å²) in [6, 6.07) is 2.04. The van der Waals surface area contributed by atoms with E-state index < -0.39 is 0 Å². The van der Waals surface area contributed by atoms with Crippen LogP contribution in [0, 0.1) is 0 Å². The minimum absolute atomic E-state index is 0.874. The lowest BCUT2D eigenvalue weighted by atomic mass is 10.3. The molecule has 0 saturated heterocycles. The lowest BCUT2D eigenvalue weighted by Gasteiger charge is -2.06. The molecule has 84 valence electrons. The summed E-state index contributed by atoms with van der Waals surface area (Å²) in [5, 5.41) is 8.45. The van der Waals surface area contributed by atoms with Crippen LogP contribution in [-0.2, 0) is 6.42 Å². The van der Waals surface area contributed by atoms with Crippen LogP contribution in [0.2, 0.25) is 0 Å². The molecule has 2 heterocycles. The van der Waals surface area contributed by atoms with E-state index >= 15 is 0 Å². The van der Waals surface area contributed by atoms with E-state index in [1.807, 2.05) is 24.8 Å². The Bertz CT molecular complexity index is 427. The van der Waals surface area contributed by atoms with Gasteiger partial charge in [0.25, 0.3) is 0 Å². The fourth-order valence-electron chi connectivity index (χ4n) is 1.37. The third kappa shape index (κ3) is 2.93. The number of rotatable bonds is 5. The second-order valence-corrected chi connectivity index (χ2v) is 4.09. The second-order valence-electron chi connectivity index (χ2n) is 3.37. The molecule has 0 spiro atoms. The lowest BCUT2D eigenvalue weighted by Crippen LogP contribution is -2.05. The number of anilines is 2. The van der Waals surface area contributed by atoms with Gasteiger partial charge in [-0.25, -0.2) is 4.98 Å². The van der Waals surface area contributed by atoms with Crippen molar-refractivity contribution in [1.29, 1.82) is 0 Å². The summed E-state index contributed by atoms with van der Waals surface area (Å²) in [5.41, 5.74) is 5.04. The SMILES string of the molecule is CNc1cncc(NCCc2cscn2)c1. The fourth-order valence-corrected chi connectivity index (χ4v) is 1.96. The molecule has 0 fully saturated rings. The van der Waals surface area contributed by atoms with Gasteiger partial charge in [0, 0.05) is 25.4 Å². The molecule has 0 aliphatic rings. The van der Waals surface area contributed by atoms with Crippen molar-refractivity contribution in [3.05, 3.63) is 35.0 Å². The Morgan fingerprint density at radius 2 is 2.19 bits per heavy atom. The average Bonchev–Trinajstić information content (AvgIpc) is 2.82. The zero-order valence-corrected chi connectivity index (χ0v) is 9.92. The maximum absolute atomic E-state index is 4.23. The number of aromatic nitrogens is 2. The minimum atomic E-state index is 0.874.